The van der Waals surface area contributed by atoms with Gasteiger partial charge in [-0.25, -0.2) is 4.98 Å². The number of likely N-dealkylation sites (N-methyl/N-ethyl adjacent to an activating group) is 1. The Kier molecular flexibility index (Phi) is 3.99. The first-order valence-corrected chi connectivity index (χ1v) is 6.86. The topological polar surface area (TPSA) is 68.5 Å². The van der Waals surface area contributed by atoms with Gasteiger partial charge in [-0.2, -0.15) is 0 Å². The van der Waals surface area contributed by atoms with Crippen LogP contribution in [0, 0.1) is 6.92 Å². The fourth-order valence-corrected chi connectivity index (χ4v) is 2.96. The zero-order valence-corrected chi connectivity index (χ0v) is 11.6. The predicted octanol–water partition coefficient (Wildman–Crippen LogP) is 0.918. The second-order valence-electron chi connectivity index (χ2n) is 4.78. The lowest BCUT2D eigenvalue weighted by molar-refractivity contribution is -0.139. The highest BCUT2D eigenvalue weighted by Gasteiger charge is 2.37. The first-order chi connectivity index (χ1) is 8.51. The quantitative estimate of drug-likeness (QED) is 0.886. The Labute approximate surface area is 111 Å². The van der Waals surface area contributed by atoms with E-state index in [1.165, 1.54) is 0 Å². The summed E-state index contributed by atoms with van der Waals surface area (Å²) in [6, 6.07) is 0. The van der Waals surface area contributed by atoms with Crippen LogP contribution in [0.2, 0.25) is 0 Å². The highest BCUT2D eigenvalue weighted by Crippen LogP contribution is 2.22. The van der Waals surface area contributed by atoms with E-state index in [2.05, 4.69) is 4.98 Å². The minimum atomic E-state index is -0.757. The third kappa shape index (κ3) is 2.88. The van der Waals surface area contributed by atoms with Crippen molar-refractivity contribution in [2.45, 2.75) is 31.8 Å². The molecule has 1 aromatic rings. The molecule has 0 bridgehead atoms. The van der Waals surface area contributed by atoms with Crippen LogP contribution in [0.3, 0.4) is 0 Å². The Hall–Kier alpha value is -0.980. The molecule has 6 heteroatoms. The SMILES string of the molecule is Cc1ncc(CN(C)C(=O)C2(N)CCOCC2)s1. The number of thiazole rings is 1. The first kappa shape index (κ1) is 13.5. The summed E-state index contributed by atoms with van der Waals surface area (Å²) in [5.41, 5.74) is 5.42. The molecule has 2 heterocycles. The maximum absolute atomic E-state index is 12.4. The van der Waals surface area contributed by atoms with Crippen LogP contribution in [0.4, 0.5) is 0 Å². The van der Waals surface area contributed by atoms with E-state index >= 15 is 0 Å². The van der Waals surface area contributed by atoms with E-state index in [1.807, 2.05) is 13.1 Å². The van der Waals surface area contributed by atoms with Crippen LogP contribution in [-0.2, 0) is 16.1 Å². The molecule has 1 amide bonds. The predicted molar refractivity (Wildman–Crippen MR) is 70.3 cm³/mol. The van der Waals surface area contributed by atoms with Crippen LogP contribution < -0.4 is 5.73 Å². The molecule has 0 aliphatic carbocycles. The molecule has 0 aromatic carbocycles. The van der Waals surface area contributed by atoms with Crippen LogP contribution in [0.25, 0.3) is 0 Å². The highest BCUT2D eigenvalue weighted by molar-refractivity contribution is 7.11. The molecule has 0 unspecified atom stereocenters. The standard InChI is InChI=1S/C12H19N3O2S/c1-9-14-7-10(18-9)8-15(2)11(16)12(13)3-5-17-6-4-12/h7H,3-6,8,13H2,1-2H3. The summed E-state index contributed by atoms with van der Waals surface area (Å²) < 4.78 is 5.26. The van der Waals surface area contributed by atoms with E-state index in [-0.39, 0.29) is 5.91 Å². The van der Waals surface area contributed by atoms with Crippen molar-refractivity contribution in [2.75, 3.05) is 20.3 Å². The minimum Gasteiger partial charge on any atom is -0.381 e. The summed E-state index contributed by atoms with van der Waals surface area (Å²) >= 11 is 1.61. The van der Waals surface area contributed by atoms with Gasteiger partial charge in [0.1, 0.15) is 0 Å². The average molecular weight is 269 g/mol. The van der Waals surface area contributed by atoms with Gasteiger partial charge in [-0.3, -0.25) is 4.79 Å². The summed E-state index contributed by atoms with van der Waals surface area (Å²) in [7, 11) is 1.79. The number of carbonyl (C=O) groups excluding carboxylic acids is 1. The monoisotopic (exact) mass is 269 g/mol. The number of amides is 1. The third-order valence-electron chi connectivity index (χ3n) is 3.22. The molecule has 1 aromatic heterocycles. The van der Waals surface area contributed by atoms with Gasteiger partial charge in [0.15, 0.2) is 0 Å². The van der Waals surface area contributed by atoms with E-state index in [0.29, 0.717) is 32.6 Å². The smallest absolute Gasteiger partial charge is 0.242 e. The number of ether oxygens (including phenoxy) is 1. The Bertz CT molecular complexity index is 427. The van der Waals surface area contributed by atoms with Gasteiger partial charge in [0.25, 0.3) is 0 Å². The average Bonchev–Trinajstić information content (AvgIpc) is 2.74. The summed E-state index contributed by atoms with van der Waals surface area (Å²) in [5, 5.41) is 1.01. The molecule has 1 fully saturated rings. The van der Waals surface area contributed by atoms with Crippen LogP contribution in [-0.4, -0.2) is 41.6 Å². The van der Waals surface area contributed by atoms with E-state index in [4.69, 9.17) is 10.5 Å². The molecule has 0 spiro atoms. The van der Waals surface area contributed by atoms with Gasteiger partial charge in [0.2, 0.25) is 5.91 Å². The Balaban J connectivity index is 1.99. The van der Waals surface area contributed by atoms with Crippen molar-refractivity contribution >= 4 is 17.2 Å². The van der Waals surface area contributed by atoms with E-state index in [1.54, 1.807) is 23.3 Å². The van der Waals surface area contributed by atoms with Crippen molar-refractivity contribution < 1.29 is 9.53 Å². The summed E-state index contributed by atoms with van der Waals surface area (Å²) in [6.07, 6.45) is 3.01. The summed E-state index contributed by atoms with van der Waals surface area (Å²) in [6.45, 7) is 3.66. The number of hydrogen-bond donors (Lipinski definition) is 1. The molecule has 0 radical (unpaired) electrons. The molecule has 1 aliphatic heterocycles. The Morgan fingerprint density at radius 3 is 2.83 bits per heavy atom. The minimum absolute atomic E-state index is 0.00291. The summed E-state index contributed by atoms with van der Waals surface area (Å²) in [4.78, 5) is 19.3. The molecule has 2 rings (SSSR count). The second-order valence-corrected chi connectivity index (χ2v) is 6.09. The molecule has 2 N–H and O–H groups in total. The van der Waals surface area contributed by atoms with Crippen LogP contribution in [0.5, 0.6) is 0 Å². The van der Waals surface area contributed by atoms with Gasteiger partial charge in [-0.15, -0.1) is 11.3 Å². The normalized spacial score (nSPS) is 18.6. The molecule has 1 aliphatic rings. The molecule has 1 saturated heterocycles. The van der Waals surface area contributed by atoms with Crippen LogP contribution >= 0.6 is 11.3 Å². The van der Waals surface area contributed by atoms with E-state index in [9.17, 15) is 4.79 Å². The Morgan fingerprint density at radius 1 is 1.61 bits per heavy atom. The molecule has 0 atom stereocenters. The largest absolute Gasteiger partial charge is 0.381 e. The number of rotatable bonds is 3. The highest BCUT2D eigenvalue weighted by atomic mass is 32.1. The van der Waals surface area contributed by atoms with Crippen LogP contribution in [0.1, 0.15) is 22.7 Å². The van der Waals surface area contributed by atoms with E-state index < -0.39 is 5.54 Å². The van der Waals surface area contributed by atoms with Gasteiger partial charge < -0.3 is 15.4 Å². The van der Waals surface area contributed by atoms with Crippen molar-refractivity contribution in [1.82, 2.24) is 9.88 Å². The number of aromatic nitrogens is 1. The van der Waals surface area contributed by atoms with Crippen molar-refractivity contribution in [1.29, 1.82) is 0 Å². The van der Waals surface area contributed by atoms with Gasteiger partial charge in [0.05, 0.1) is 17.1 Å². The number of aryl methyl sites for hydroxylation is 1. The van der Waals surface area contributed by atoms with Crippen molar-refractivity contribution in [3.63, 3.8) is 0 Å². The lowest BCUT2D eigenvalue weighted by atomic mass is 9.90. The van der Waals surface area contributed by atoms with Gasteiger partial charge in [-0.1, -0.05) is 0 Å². The molecule has 5 nitrogen and oxygen atoms in total. The van der Waals surface area contributed by atoms with E-state index in [0.717, 1.165) is 9.88 Å². The summed E-state index contributed by atoms with van der Waals surface area (Å²) in [5.74, 6) is -0.00291. The fourth-order valence-electron chi connectivity index (χ4n) is 2.11. The zero-order valence-electron chi connectivity index (χ0n) is 10.8. The van der Waals surface area contributed by atoms with Gasteiger partial charge >= 0.3 is 0 Å². The Morgan fingerprint density at radius 2 is 2.28 bits per heavy atom. The molecule has 0 saturated carbocycles. The zero-order chi connectivity index (χ0) is 13.2. The third-order valence-corrected chi connectivity index (χ3v) is 4.12. The molecular weight excluding hydrogens is 250 g/mol. The maximum Gasteiger partial charge on any atom is 0.242 e. The second kappa shape index (κ2) is 5.34. The van der Waals surface area contributed by atoms with Crippen molar-refractivity contribution in [2.24, 2.45) is 5.73 Å². The maximum atomic E-state index is 12.4. The number of nitrogens with zero attached hydrogens (tertiary/aromatic N) is 2. The number of nitrogens with two attached hydrogens (primary N) is 1. The molecule has 100 valence electrons. The van der Waals surface area contributed by atoms with Crippen molar-refractivity contribution in [3.8, 4) is 0 Å². The number of hydrogen-bond acceptors (Lipinski definition) is 5. The van der Waals surface area contributed by atoms with Crippen molar-refractivity contribution in [3.05, 3.63) is 16.1 Å². The lowest BCUT2D eigenvalue weighted by Crippen LogP contribution is -2.57. The molecular formula is C12H19N3O2S. The van der Waals surface area contributed by atoms with Gasteiger partial charge in [-0.05, 0) is 19.8 Å². The van der Waals surface area contributed by atoms with Gasteiger partial charge in [0, 0.05) is 31.3 Å². The van der Waals surface area contributed by atoms with Crippen LogP contribution in [0.15, 0.2) is 6.20 Å². The number of carbonyl (C=O) groups is 1. The fraction of sp³-hybridized carbons (Fsp3) is 0.667. The molecule has 18 heavy (non-hydrogen) atoms. The lowest BCUT2D eigenvalue weighted by Gasteiger charge is -2.35. The first-order valence-electron chi connectivity index (χ1n) is 6.05.